The summed E-state index contributed by atoms with van der Waals surface area (Å²) in [6.45, 7) is 3.08. The number of benzene rings is 2. The Hall–Kier alpha value is -1.67. The maximum absolute atomic E-state index is 13.3. The summed E-state index contributed by atoms with van der Waals surface area (Å²) in [6.07, 6.45) is 0. The second-order valence-corrected chi connectivity index (χ2v) is 8.33. The first-order valence-corrected chi connectivity index (χ1v) is 10.1. The van der Waals surface area contributed by atoms with Gasteiger partial charge in [0.1, 0.15) is 18.2 Å². The molecular weight excluding hydrogens is 379 g/mol. The third-order valence-electron chi connectivity index (χ3n) is 4.27. The number of hydrogen-bond donors (Lipinski definition) is 0. The lowest BCUT2D eigenvalue weighted by Crippen LogP contribution is -2.49. The van der Waals surface area contributed by atoms with Crippen molar-refractivity contribution < 1.29 is 17.5 Å². The van der Waals surface area contributed by atoms with E-state index in [1.165, 1.54) is 22.5 Å². The zero-order valence-electron chi connectivity index (χ0n) is 14.1. The Morgan fingerprint density at radius 2 is 1.77 bits per heavy atom. The maximum atomic E-state index is 13.3. The predicted molar refractivity (Wildman–Crippen MR) is 98.5 cm³/mol. The van der Waals surface area contributed by atoms with Gasteiger partial charge in [0.25, 0.3) is 0 Å². The highest BCUT2D eigenvalue weighted by atomic mass is 35.5. The minimum Gasteiger partial charge on any atom is -0.491 e. The van der Waals surface area contributed by atoms with Gasteiger partial charge >= 0.3 is 0 Å². The first kappa shape index (κ1) is 19.1. The summed E-state index contributed by atoms with van der Waals surface area (Å²) in [6, 6.07) is 12.4. The summed E-state index contributed by atoms with van der Waals surface area (Å²) in [5.74, 6) is 0.0860. The Labute approximate surface area is 158 Å². The first-order valence-electron chi connectivity index (χ1n) is 8.32. The predicted octanol–water partition coefficient (Wildman–Crippen LogP) is 2.86. The first-order chi connectivity index (χ1) is 12.5. The Morgan fingerprint density at radius 3 is 2.46 bits per heavy atom. The molecule has 0 spiro atoms. The normalized spacial score (nSPS) is 16.5. The molecule has 0 aromatic heterocycles. The number of nitrogens with zero attached hydrogens (tertiary/aromatic N) is 2. The van der Waals surface area contributed by atoms with Crippen LogP contribution in [0, 0.1) is 5.82 Å². The summed E-state index contributed by atoms with van der Waals surface area (Å²) in [4.78, 5) is 2.13. The standard InChI is InChI=1S/C18H20ClFN2O3S/c19-17-6-1-2-7-18(17)25-13-12-21-8-10-22(11-9-21)26(23,24)16-5-3-4-15(20)14-16/h1-7,14H,8-13H2. The van der Waals surface area contributed by atoms with Crippen LogP contribution >= 0.6 is 11.6 Å². The van der Waals surface area contributed by atoms with Crippen molar-refractivity contribution in [2.24, 2.45) is 0 Å². The number of sulfonamides is 1. The van der Waals surface area contributed by atoms with Crippen LogP contribution in [0.3, 0.4) is 0 Å². The lowest BCUT2D eigenvalue weighted by atomic mass is 10.3. The summed E-state index contributed by atoms with van der Waals surface area (Å²) in [5.41, 5.74) is 0. The molecule has 0 N–H and O–H groups in total. The van der Waals surface area contributed by atoms with E-state index in [0.29, 0.717) is 50.1 Å². The minimum atomic E-state index is -3.66. The zero-order valence-corrected chi connectivity index (χ0v) is 15.7. The SMILES string of the molecule is O=S(=O)(c1cccc(F)c1)N1CCN(CCOc2ccccc2Cl)CC1. The molecule has 1 heterocycles. The molecular formula is C18H20ClFN2O3S. The van der Waals surface area contributed by atoms with Crippen LogP contribution in [-0.4, -0.2) is 57.0 Å². The number of para-hydroxylation sites is 1. The molecule has 1 aliphatic heterocycles. The fourth-order valence-corrected chi connectivity index (χ4v) is 4.46. The molecule has 3 rings (SSSR count). The van der Waals surface area contributed by atoms with Gasteiger partial charge in [0, 0.05) is 32.7 Å². The van der Waals surface area contributed by atoms with Crippen molar-refractivity contribution >= 4 is 21.6 Å². The molecule has 0 saturated carbocycles. The molecule has 0 amide bonds. The van der Waals surface area contributed by atoms with Crippen LogP contribution in [0.4, 0.5) is 4.39 Å². The number of halogens is 2. The molecule has 2 aromatic carbocycles. The van der Waals surface area contributed by atoms with Crippen LogP contribution in [-0.2, 0) is 10.0 Å². The van der Waals surface area contributed by atoms with E-state index in [1.54, 1.807) is 6.07 Å². The smallest absolute Gasteiger partial charge is 0.243 e. The molecule has 8 heteroatoms. The fraction of sp³-hybridized carbons (Fsp3) is 0.333. The van der Waals surface area contributed by atoms with Crippen molar-refractivity contribution in [1.82, 2.24) is 9.21 Å². The van der Waals surface area contributed by atoms with Gasteiger partial charge in [-0.3, -0.25) is 4.90 Å². The van der Waals surface area contributed by atoms with E-state index in [1.807, 2.05) is 18.2 Å². The summed E-state index contributed by atoms with van der Waals surface area (Å²) >= 11 is 6.05. The summed E-state index contributed by atoms with van der Waals surface area (Å²) in [5, 5.41) is 0.568. The lowest BCUT2D eigenvalue weighted by molar-refractivity contribution is 0.159. The Kier molecular flexibility index (Phi) is 6.13. The average Bonchev–Trinajstić information content (AvgIpc) is 2.64. The molecule has 26 heavy (non-hydrogen) atoms. The van der Waals surface area contributed by atoms with Gasteiger partial charge in [-0.2, -0.15) is 4.31 Å². The molecule has 1 saturated heterocycles. The van der Waals surface area contributed by atoms with Crippen LogP contribution in [0.15, 0.2) is 53.4 Å². The second kappa shape index (κ2) is 8.35. The highest BCUT2D eigenvalue weighted by Gasteiger charge is 2.28. The molecule has 2 aromatic rings. The number of hydrogen-bond acceptors (Lipinski definition) is 4. The van der Waals surface area contributed by atoms with Crippen molar-refractivity contribution in [2.75, 3.05) is 39.3 Å². The largest absolute Gasteiger partial charge is 0.491 e. The van der Waals surface area contributed by atoms with Crippen LogP contribution in [0.5, 0.6) is 5.75 Å². The fourth-order valence-electron chi connectivity index (χ4n) is 2.82. The van der Waals surface area contributed by atoms with Crippen molar-refractivity contribution in [1.29, 1.82) is 0 Å². The van der Waals surface area contributed by atoms with Crippen LogP contribution in [0.1, 0.15) is 0 Å². The van der Waals surface area contributed by atoms with Gasteiger partial charge in [0.2, 0.25) is 10.0 Å². The van der Waals surface area contributed by atoms with Gasteiger partial charge in [0.05, 0.1) is 9.92 Å². The number of piperazine rings is 1. The highest BCUT2D eigenvalue weighted by molar-refractivity contribution is 7.89. The quantitative estimate of drug-likeness (QED) is 0.750. The minimum absolute atomic E-state index is 0.00648. The third-order valence-corrected chi connectivity index (χ3v) is 6.47. The average molecular weight is 399 g/mol. The van der Waals surface area contributed by atoms with E-state index in [9.17, 15) is 12.8 Å². The molecule has 0 bridgehead atoms. The van der Waals surface area contributed by atoms with Gasteiger partial charge in [-0.1, -0.05) is 29.8 Å². The molecule has 140 valence electrons. The van der Waals surface area contributed by atoms with E-state index >= 15 is 0 Å². The van der Waals surface area contributed by atoms with E-state index in [4.69, 9.17) is 16.3 Å². The van der Waals surface area contributed by atoms with Crippen molar-refractivity contribution in [2.45, 2.75) is 4.90 Å². The number of ether oxygens (including phenoxy) is 1. The highest BCUT2D eigenvalue weighted by Crippen LogP contribution is 2.23. The topological polar surface area (TPSA) is 49.9 Å². The van der Waals surface area contributed by atoms with Gasteiger partial charge < -0.3 is 4.74 Å². The third kappa shape index (κ3) is 4.54. The van der Waals surface area contributed by atoms with Crippen molar-refractivity contribution in [3.05, 3.63) is 59.4 Å². The van der Waals surface area contributed by atoms with E-state index in [0.717, 1.165) is 6.07 Å². The van der Waals surface area contributed by atoms with Crippen LogP contribution in [0.2, 0.25) is 5.02 Å². The maximum Gasteiger partial charge on any atom is 0.243 e. The van der Waals surface area contributed by atoms with Crippen LogP contribution in [0.25, 0.3) is 0 Å². The van der Waals surface area contributed by atoms with Crippen molar-refractivity contribution in [3.63, 3.8) is 0 Å². The van der Waals surface area contributed by atoms with Gasteiger partial charge in [0.15, 0.2) is 0 Å². The molecule has 0 radical (unpaired) electrons. The monoisotopic (exact) mass is 398 g/mol. The lowest BCUT2D eigenvalue weighted by Gasteiger charge is -2.33. The zero-order chi connectivity index (χ0) is 18.6. The Balaban J connectivity index is 1.50. The van der Waals surface area contributed by atoms with Gasteiger partial charge in [-0.15, -0.1) is 0 Å². The molecule has 0 atom stereocenters. The Morgan fingerprint density at radius 1 is 1.04 bits per heavy atom. The Bertz CT molecular complexity index is 855. The molecule has 5 nitrogen and oxygen atoms in total. The van der Waals surface area contributed by atoms with Crippen molar-refractivity contribution in [3.8, 4) is 5.75 Å². The van der Waals surface area contributed by atoms with Crippen LogP contribution < -0.4 is 4.74 Å². The molecule has 0 aliphatic carbocycles. The van der Waals surface area contributed by atoms with Gasteiger partial charge in [-0.05, 0) is 30.3 Å². The van der Waals surface area contributed by atoms with E-state index in [-0.39, 0.29) is 4.90 Å². The number of rotatable bonds is 6. The molecule has 1 aliphatic rings. The van der Waals surface area contributed by atoms with E-state index in [2.05, 4.69) is 4.90 Å². The van der Waals surface area contributed by atoms with E-state index < -0.39 is 15.8 Å². The molecule has 1 fully saturated rings. The molecule has 0 unspecified atom stereocenters. The summed E-state index contributed by atoms with van der Waals surface area (Å²) in [7, 11) is -3.66. The summed E-state index contributed by atoms with van der Waals surface area (Å²) < 4.78 is 45.6. The van der Waals surface area contributed by atoms with Gasteiger partial charge in [-0.25, -0.2) is 12.8 Å². The second-order valence-electron chi connectivity index (χ2n) is 5.98.